The summed E-state index contributed by atoms with van der Waals surface area (Å²) in [5.41, 5.74) is 0. The Hall–Kier alpha value is -0.940. The number of rotatable bonds is 4. The van der Waals surface area contributed by atoms with Gasteiger partial charge in [0.15, 0.2) is 5.82 Å². The fourth-order valence-corrected chi connectivity index (χ4v) is 2.51. The quantitative estimate of drug-likeness (QED) is 0.888. The monoisotopic (exact) mass is 253 g/mol. The van der Waals surface area contributed by atoms with Gasteiger partial charge in [0.2, 0.25) is 5.89 Å². The molecular weight excluding hydrogens is 230 g/mol. The lowest BCUT2D eigenvalue weighted by Crippen LogP contribution is -2.45. The molecule has 1 fully saturated rings. The number of aliphatic hydroxyl groups is 1. The van der Waals surface area contributed by atoms with E-state index in [1.165, 1.54) is 12.8 Å². The maximum absolute atomic E-state index is 9.81. The van der Waals surface area contributed by atoms with Gasteiger partial charge in [-0.2, -0.15) is 4.98 Å². The summed E-state index contributed by atoms with van der Waals surface area (Å²) >= 11 is 0. The van der Waals surface area contributed by atoms with Crippen LogP contribution < -0.4 is 0 Å². The summed E-state index contributed by atoms with van der Waals surface area (Å²) in [6.07, 6.45) is 3.11. The van der Waals surface area contributed by atoms with Gasteiger partial charge in [0.25, 0.3) is 0 Å². The van der Waals surface area contributed by atoms with Gasteiger partial charge in [-0.15, -0.1) is 0 Å². The van der Waals surface area contributed by atoms with Gasteiger partial charge < -0.3 is 9.63 Å². The Bertz CT molecular complexity index is 376. The van der Waals surface area contributed by atoms with Crippen LogP contribution in [0.3, 0.4) is 0 Å². The summed E-state index contributed by atoms with van der Waals surface area (Å²) in [6.45, 7) is 7.61. The Morgan fingerprint density at radius 2 is 2.17 bits per heavy atom. The normalized spacial score (nSPS) is 23.5. The molecule has 1 aliphatic rings. The van der Waals surface area contributed by atoms with Crippen LogP contribution in [0.15, 0.2) is 4.52 Å². The molecule has 0 amide bonds. The molecule has 2 atom stereocenters. The molecule has 0 radical (unpaired) electrons. The van der Waals surface area contributed by atoms with E-state index in [-0.39, 0.29) is 18.1 Å². The summed E-state index contributed by atoms with van der Waals surface area (Å²) in [5.74, 6) is 1.68. The average molecular weight is 253 g/mol. The van der Waals surface area contributed by atoms with Crippen LogP contribution in [0, 0.1) is 0 Å². The van der Waals surface area contributed by atoms with Crippen molar-refractivity contribution in [2.24, 2.45) is 0 Å². The maximum atomic E-state index is 9.81. The van der Waals surface area contributed by atoms with Gasteiger partial charge >= 0.3 is 0 Å². The summed E-state index contributed by atoms with van der Waals surface area (Å²) in [5, 5.41) is 13.8. The molecule has 1 aliphatic heterocycles. The third-order valence-electron chi connectivity index (χ3n) is 3.54. The molecule has 1 N–H and O–H groups in total. The number of piperidine rings is 1. The minimum atomic E-state index is -0.304. The van der Waals surface area contributed by atoms with Crippen LogP contribution in [0.25, 0.3) is 0 Å². The standard InChI is InChI=1S/C13H23N3O2/c1-9(2)13-14-12(15-18-13)8-16-7-5-4-6-11(16)10(3)17/h9-11,17H,4-8H2,1-3H3. The molecule has 102 valence electrons. The molecule has 5 heteroatoms. The molecule has 5 nitrogen and oxygen atoms in total. The largest absolute Gasteiger partial charge is 0.392 e. The Morgan fingerprint density at radius 1 is 1.39 bits per heavy atom. The molecule has 0 spiro atoms. The SMILES string of the molecule is CC(C)c1nc(CN2CCCCC2C(C)O)no1. The van der Waals surface area contributed by atoms with Crippen molar-refractivity contribution in [2.45, 2.75) is 64.6 Å². The molecule has 1 saturated heterocycles. The van der Waals surface area contributed by atoms with E-state index >= 15 is 0 Å². The van der Waals surface area contributed by atoms with Crippen LogP contribution in [-0.4, -0.2) is 38.8 Å². The van der Waals surface area contributed by atoms with Crippen LogP contribution in [0.5, 0.6) is 0 Å². The minimum absolute atomic E-state index is 0.222. The van der Waals surface area contributed by atoms with E-state index in [1.807, 2.05) is 20.8 Å². The summed E-state index contributed by atoms with van der Waals surface area (Å²) in [4.78, 5) is 6.66. The van der Waals surface area contributed by atoms with Crippen LogP contribution in [0.2, 0.25) is 0 Å². The van der Waals surface area contributed by atoms with Crippen LogP contribution in [-0.2, 0) is 6.54 Å². The zero-order chi connectivity index (χ0) is 13.1. The topological polar surface area (TPSA) is 62.4 Å². The third-order valence-corrected chi connectivity index (χ3v) is 3.54. The first-order valence-electron chi connectivity index (χ1n) is 6.82. The number of hydrogen-bond donors (Lipinski definition) is 1. The van der Waals surface area contributed by atoms with Gasteiger partial charge in [-0.3, -0.25) is 4.90 Å². The number of likely N-dealkylation sites (tertiary alicyclic amines) is 1. The average Bonchev–Trinajstić information content (AvgIpc) is 2.78. The number of hydrogen-bond acceptors (Lipinski definition) is 5. The molecular formula is C13H23N3O2. The molecule has 0 aliphatic carbocycles. The van der Waals surface area contributed by atoms with Gasteiger partial charge in [0.1, 0.15) is 0 Å². The summed E-state index contributed by atoms with van der Waals surface area (Å²) in [7, 11) is 0. The molecule has 0 saturated carbocycles. The summed E-state index contributed by atoms with van der Waals surface area (Å²) < 4.78 is 5.21. The smallest absolute Gasteiger partial charge is 0.229 e. The van der Waals surface area contributed by atoms with Crippen molar-refractivity contribution in [1.82, 2.24) is 15.0 Å². The molecule has 18 heavy (non-hydrogen) atoms. The molecule has 1 aromatic rings. The van der Waals surface area contributed by atoms with Gasteiger partial charge in [0.05, 0.1) is 12.6 Å². The Balaban J connectivity index is 2.01. The molecule has 1 aromatic heterocycles. The molecule has 2 heterocycles. The van der Waals surface area contributed by atoms with E-state index in [1.54, 1.807) is 0 Å². The third kappa shape index (κ3) is 3.09. The van der Waals surface area contributed by atoms with Crippen molar-refractivity contribution in [3.63, 3.8) is 0 Å². The minimum Gasteiger partial charge on any atom is -0.392 e. The Morgan fingerprint density at radius 3 is 2.78 bits per heavy atom. The molecule has 2 rings (SSSR count). The molecule has 0 aromatic carbocycles. The fourth-order valence-electron chi connectivity index (χ4n) is 2.51. The van der Waals surface area contributed by atoms with Crippen LogP contribution in [0.1, 0.15) is 57.7 Å². The number of aliphatic hydroxyl groups excluding tert-OH is 1. The van der Waals surface area contributed by atoms with Crippen molar-refractivity contribution >= 4 is 0 Å². The van der Waals surface area contributed by atoms with Crippen molar-refractivity contribution in [1.29, 1.82) is 0 Å². The lowest BCUT2D eigenvalue weighted by molar-refractivity contribution is 0.0298. The molecule has 2 unspecified atom stereocenters. The highest BCUT2D eigenvalue weighted by molar-refractivity contribution is 4.92. The van der Waals surface area contributed by atoms with E-state index in [9.17, 15) is 5.11 Å². The first-order chi connectivity index (χ1) is 8.58. The molecule has 0 bridgehead atoms. The highest BCUT2D eigenvalue weighted by atomic mass is 16.5. The van der Waals surface area contributed by atoms with Crippen molar-refractivity contribution < 1.29 is 9.63 Å². The predicted octanol–water partition coefficient (Wildman–Crippen LogP) is 1.93. The van der Waals surface area contributed by atoms with Gasteiger partial charge in [0, 0.05) is 12.0 Å². The lowest BCUT2D eigenvalue weighted by Gasteiger charge is -2.36. The zero-order valence-corrected chi connectivity index (χ0v) is 11.5. The van der Waals surface area contributed by atoms with E-state index in [2.05, 4.69) is 15.0 Å². The Kier molecular flexibility index (Phi) is 4.35. The second kappa shape index (κ2) is 5.80. The zero-order valence-electron chi connectivity index (χ0n) is 11.5. The van der Waals surface area contributed by atoms with Crippen molar-refractivity contribution in [3.8, 4) is 0 Å². The fraction of sp³-hybridized carbons (Fsp3) is 0.846. The second-order valence-electron chi connectivity index (χ2n) is 5.48. The van der Waals surface area contributed by atoms with E-state index < -0.39 is 0 Å². The lowest BCUT2D eigenvalue weighted by atomic mass is 9.98. The van der Waals surface area contributed by atoms with Gasteiger partial charge in [-0.1, -0.05) is 25.4 Å². The Labute approximate surface area is 108 Å². The van der Waals surface area contributed by atoms with Crippen molar-refractivity contribution in [2.75, 3.05) is 6.54 Å². The second-order valence-corrected chi connectivity index (χ2v) is 5.48. The maximum Gasteiger partial charge on any atom is 0.229 e. The van der Waals surface area contributed by atoms with E-state index in [0.717, 1.165) is 18.8 Å². The van der Waals surface area contributed by atoms with Gasteiger partial charge in [-0.25, -0.2) is 0 Å². The van der Waals surface area contributed by atoms with Gasteiger partial charge in [-0.05, 0) is 26.3 Å². The number of aromatic nitrogens is 2. The van der Waals surface area contributed by atoms with E-state index in [4.69, 9.17) is 4.52 Å². The van der Waals surface area contributed by atoms with Crippen LogP contribution >= 0.6 is 0 Å². The highest BCUT2D eigenvalue weighted by Crippen LogP contribution is 2.22. The highest BCUT2D eigenvalue weighted by Gasteiger charge is 2.27. The first-order valence-corrected chi connectivity index (χ1v) is 6.82. The van der Waals surface area contributed by atoms with Crippen LogP contribution in [0.4, 0.5) is 0 Å². The van der Waals surface area contributed by atoms with Crippen molar-refractivity contribution in [3.05, 3.63) is 11.7 Å². The van der Waals surface area contributed by atoms with E-state index in [0.29, 0.717) is 12.4 Å². The first kappa shape index (κ1) is 13.5. The number of nitrogens with zero attached hydrogens (tertiary/aromatic N) is 3. The predicted molar refractivity (Wildman–Crippen MR) is 68.1 cm³/mol. The summed E-state index contributed by atoms with van der Waals surface area (Å²) in [6, 6.07) is 0.222.